The third-order valence-corrected chi connectivity index (χ3v) is 4.77. The molecule has 2 aromatic rings. The molecule has 0 saturated carbocycles. The number of carbonyl (C=O) groups excluding carboxylic acids is 2. The Bertz CT molecular complexity index is 832. The summed E-state index contributed by atoms with van der Waals surface area (Å²) in [6.07, 6.45) is -0.933. The van der Waals surface area contributed by atoms with Gasteiger partial charge in [0.15, 0.2) is 6.10 Å². The largest absolute Gasteiger partial charge is 0.507 e. The van der Waals surface area contributed by atoms with E-state index in [1.54, 1.807) is 17.9 Å². The summed E-state index contributed by atoms with van der Waals surface area (Å²) >= 11 is 0. The van der Waals surface area contributed by atoms with Gasteiger partial charge in [-0.1, -0.05) is 18.2 Å². The summed E-state index contributed by atoms with van der Waals surface area (Å²) in [5.41, 5.74) is 1.12. The summed E-state index contributed by atoms with van der Waals surface area (Å²) in [5, 5.41) is 9.95. The number of para-hydroxylation sites is 1. The second kappa shape index (κ2) is 8.65. The molecule has 1 saturated heterocycles. The topological polar surface area (TPSA) is 79.3 Å². The number of benzene rings is 2. The Morgan fingerprint density at radius 3 is 2.32 bits per heavy atom. The highest BCUT2D eigenvalue weighted by Crippen LogP contribution is 2.24. The molecule has 2 aromatic carbocycles. The van der Waals surface area contributed by atoms with Crippen molar-refractivity contribution < 1.29 is 24.2 Å². The van der Waals surface area contributed by atoms with E-state index in [0.29, 0.717) is 18.8 Å². The predicted molar refractivity (Wildman–Crippen MR) is 105 cm³/mol. The number of phenols is 1. The fourth-order valence-corrected chi connectivity index (χ4v) is 3.17. The van der Waals surface area contributed by atoms with Crippen LogP contribution in [0.15, 0.2) is 48.5 Å². The fraction of sp³-hybridized carbons (Fsp3) is 0.333. The summed E-state index contributed by atoms with van der Waals surface area (Å²) in [5.74, 6) is -0.812. The zero-order valence-electron chi connectivity index (χ0n) is 16.0. The van der Waals surface area contributed by atoms with Crippen molar-refractivity contribution in [3.05, 3.63) is 54.1 Å². The van der Waals surface area contributed by atoms with Gasteiger partial charge in [0.25, 0.3) is 5.91 Å². The van der Waals surface area contributed by atoms with Gasteiger partial charge < -0.3 is 24.4 Å². The van der Waals surface area contributed by atoms with E-state index in [4.69, 9.17) is 9.47 Å². The average Bonchev–Trinajstić information content (AvgIpc) is 2.73. The number of hydrogen-bond donors (Lipinski definition) is 1. The number of rotatable bonds is 5. The lowest BCUT2D eigenvalue weighted by atomic mass is 10.2. The Balaban J connectivity index is 1.55. The molecule has 1 N–H and O–H groups in total. The van der Waals surface area contributed by atoms with Gasteiger partial charge in [-0.2, -0.15) is 0 Å². The van der Waals surface area contributed by atoms with Gasteiger partial charge in [-0.15, -0.1) is 0 Å². The van der Waals surface area contributed by atoms with Gasteiger partial charge in [-0.25, -0.2) is 4.79 Å². The minimum absolute atomic E-state index is 0.00523. The highest BCUT2D eigenvalue weighted by Gasteiger charge is 2.28. The number of esters is 1. The highest BCUT2D eigenvalue weighted by atomic mass is 16.5. The van der Waals surface area contributed by atoms with Crippen molar-refractivity contribution in [1.82, 2.24) is 4.90 Å². The number of ether oxygens (including phenoxy) is 2. The molecule has 0 aromatic heterocycles. The zero-order valence-corrected chi connectivity index (χ0v) is 16.0. The molecule has 1 atom stereocenters. The van der Waals surface area contributed by atoms with Crippen molar-refractivity contribution in [1.29, 1.82) is 0 Å². The molecule has 3 rings (SSSR count). The molecule has 7 nitrogen and oxygen atoms in total. The first-order chi connectivity index (χ1) is 13.5. The van der Waals surface area contributed by atoms with E-state index in [0.717, 1.165) is 18.8 Å². The Labute approximate surface area is 164 Å². The molecule has 7 heteroatoms. The number of nitrogens with zero attached hydrogens (tertiary/aromatic N) is 2. The van der Waals surface area contributed by atoms with Crippen LogP contribution in [0.5, 0.6) is 11.5 Å². The molecule has 1 aliphatic heterocycles. The van der Waals surface area contributed by atoms with Crippen LogP contribution in [0.2, 0.25) is 0 Å². The number of methoxy groups -OCH3 is 1. The molecular weight excluding hydrogens is 360 g/mol. The van der Waals surface area contributed by atoms with Crippen molar-refractivity contribution in [3.63, 3.8) is 0 Å². The van der Waals surface area contributed by atoms with Crippen molar-refractivity contribution in [2.75, 3.05) is 38.2 Å². The molecule has 0 aliphatic carbocycles. The van der Waals surface area contributed by atoms with Gasteiger partial charge in [0.05, 0.1) is 7.11 Å². The number of piperazine rings is 1. The quantitative estimate of drug-likeness (QED) is 0.797. The first-order valence-corrected chi connectivity index (χ1v) is 9.16. The van der Waals surface area contributed by atoms with Crippen molar-refractivity contribution >= 4 is 17.6 Å². The Kier molecular flexibility index (Phi) is 6.03. The Morgan fingerprint density at radius 2 is 1.71 bits per heavy atom. The second-order valence-electron chi connectivity index (χ2n) is 6.58. The summed E-state index contributed by atoms with van der Waals surface area (Å²) in [4.78, 5) is 28.9. The van der Waals surface area contributed by atoms with Crippen molar-refractivity contribution in [3.8, 4) is 11.5 Å². The van der Waals surface area contributed by atoms with Crippen LogP contribution in [0.1, 0.15) is 17.3 Å². The Hall–Kier alpha value is -3.22. The SMILES string of the molecule is COc1ccc(C(=O)O[C@@H](C)C(=O)N2CCN(c3ccccc3)CC2)c(O)c1. The van der Waals surface area contributed by atoms with E-state index in [2.05, 4.69) is 4.90 Å². The van der Waals surface area contributed by atoms with E-state index in [1.165, 1.54) is 19.2 Å². The average molecular weight is 384 g/mol. The van der Waals surface area contributed by atoms with E-state index in [9.17, 15) is 14.7 Å². The maximum Gasteiger partial charge on any atom is 0.342 e. The predicted octanol–water partition coefficient (Wildman–Crippen LogP) is 2.29. The smallest absolute Gasteiger partial charge is 0.342 e. The Morgan fingerprint density at radius 1 is 1.04 bits per heavy atom. The molecule has 148 valence electrons. The number of amides is 1. The summed E-state index contributed by atoms with van der Waals surface area (Å²) in [6.45, 7) is 4.10. The van der Waals surface area contributed by atoms with E-state index < -0.39 is 12.1 Å². The number of aromatic hydroxyl groups is 1. The summed E-state index contributed by atoms with van der Waals surface area (Å²) in [6, 6.07) is 14.3. The third kappa shape index (κ3) is 4.36. The van der Waals surface area contributed by atoms with Crippen molar-refractivity contribution in [2.24, 2.45) is 0 Å². The second-order valence-corrected chi connectivity index (χ2v) is 6.58. The number of carbonyl (C=O) groups is 2. The minimum atomic E-state index is -0.933. The van der Waals surface area contributed by atoms with Crippen LogP contribution in [-0.2, 0) is 9.53 Å². The standard InChI is InChI=1S/C21H24N2O5/c1-15(28-21(26)18-9-8-17(27-2)14-19(18)24)20(25)23-12-10-22(11-13-23)16-6-4-3-5-7-16/h3-9,14-15,24H,10-13H2,1-2H3/t15-/m0/s1. The molecule has 0 unspecified atom stereocenters. The van der Waals surface area contributed by atoms with Crippen LogP contribution < -0.4 is 9.64 Å². The van der Waals surface area contributed by atoms with Gasteiger partial charge >= 0.3 is 5.97 Å². The van der Waals surface area contributed by atoms with E-state index in [-0.39, 0.29) is 17.2 Å². The van der Waals surface area contributed by atoms with Gasteiger partial charge in [-0.3, -0.25) is 4.79 Å². The number of phenolic OH excluding ortho intramolecular Hbond substituents is 1. The molecule has 0 radical (unpaired) electrons. The molecule has 0 spiro atoms. The first-order valence-electron chi connectivity index (χ1n) is 9.16. The maximum atomic E-state index is 12.6. The van der Waals surface area contributed by atoms with Crippen LogP contribution in [0, 0.1) is 0 Å². The molecule has 0 bridgehead atoms. The first kappa shape index (κ1) is 19.5. The molecular formula is C21H24N2O5. The highest BCUT2D eigenvalue weighted by molar-refractivity contribution is 5.94. The summed E-state index contributed by atoms with van der Waals surface area (Å²) < 4.78 is 10.3. The molecule has 1 amide bonds. The molecule has 1 fully saturated rings. The fourth-order valence-electron chi connectivity index (χ4n) is 3.17. The van der Waals surface area contributed by atoms with Crippen LogP contribution in [-0.4, -0.2) is 61.3 Å². The normalized spacial score (nSPS) is 15.1. The lowest BCUT2D eigenvalue weighted by Gasteiger charge is -2.37. The number of hydrogen-bond acceptors (Lipinski definition) is 6. The van der Waals surface area contributed by atoms with Gasteiger partial charge in [0.1, 0.15) is 17.1 Å². The summed E-state index contributed by atoms with van der Waals surface area (Å²) in [7, 11) is 1.46. The van der Waals surface area contributed by atoms with Crippen LogP contribution in [0.25, 0.3) is 0 Å². The monoisotopic (exact) mass is 384 g/mol. The minimum Gasteiger partial charge on any atom is -0.507 e. The lowest BCUT2D eigenvalue weighted by molar-refractivity contribution is -0.140. The van der Waals surface area contributed by atoms with Crippen LogP contribution in [0.4, 0.5) is 5.69 Å². The van der Waals surface area contributed by atoms with Crippen LogP contribution in [0.3, 0.4) is 0 Å². The maximum absolute atomic E-state index is 12.6. The molecule has 1 heterocycles. The van der Waals surface area contributed by atoms with Gasteiger partial charge in [0.2, 0.25) is 0 Å². The zero-order chi connectivity index (χ0) is 20.1. The van der Waals surface area contributed by atoms with Gasteiger partial charge in [0, 0.05) is 37.9 Å². The van der Waals surface area contributed by atoms with E-state index in [1.807, 2.05) is 30.3 Å². The molecule has 28 heavy (non-hydrogen) atoms. The van der Waals surface area contributed by atoms with Crippen molar-refractivity contribution in [2.45, 2.75) is 13.0 Å². The van der Waals surface area contributed by atoms with Gasteiger partial charge in [-0.05, 0) is 31.2 Å². The molecule has 1 aliphatic rings. The number of anilines is 1. The van der Waals surface area contributed by atoms with E-state index >= 15 is 0 Å². The third-order valence-electron chi connectivity index (χ3n) is 4.77. The lowest BCUT2D eigenvalue weighted by Crippen LogP contribution is -2.51. The van der Waals surface area contributed by atoms with Crippen LogP contribution >= 0.6 is 0 Å².